The summed E-state index contributed by atoms with van der Waals surface area (Å²) in [5.41, 5.74) is 3.81. The number of aromatic nitrogens is 2. The van der Waals surface area contributed by atoms with Crippen LogP contribution in [0.5, 0.6) is 0 Å². The number of pyridine rings is 1. The molecular weight excluding hydrogens is 406 g/mol. The maximum absolute atomic E-state index is 13.0. The molecule has 1 unspecified atom stereocenters. The lowest BCUT2D eigenvalue weighted by Gasteiger charge is -2.29. The minimum Gasteiger partial charge on any atom is -0.365 e. The van der Waals surface area contributed by atoms with Crippen molar-refractivity contribution >= 4 is 29.2 Å². The van der Waals surface area contributed by atoms with Gasteiger partial charge in [0, 0.05) is 35.8 Å². The lowest BCUT2D eigenvalue weighted by atomic mass is 10.0. The van der Waals surface area contributed by atoms with E-state index in [1.54, 1.807) is 4.90 Å². The van der Waals surface area contributed by atoms with Crippen LogP contribution in [0.2, 0.25) is 0 Å². The fourth-order valence-corrected chi connectivity index (χ4v) is 4.39. The average Bonchev–Trinajstić information content (AvgIpc) is 3.25. The van der Waals surface area contributed by atoms with E-state index >= 15 is 0 Å². The van der Waals surface area contributed by atoms with E-state index in [4.69, 9.17) is 4.98 Å². The van der Waals surface area contributed by atoms with E-state index in [1.165, 1.54) is 0 Å². The van der Waals surface area contributed by atoms with Crippen LogP contribution in [0.25, 0.3) is 16.9 Å². The molecule has 1 aromatic carbocycles. The summed E-state index contributed by atoms with van der Waals surface area (Å²) in [7, 11) is 0. The Morgan fingerprint density at radius 2 is 1.94 bits per heavy atom. The number of amides is 3. The van der Waals surface area contributed by atoms with Crippen molar-refractivity contribution in [3.63, 3.8) is 0 Å². The number of imidazole rings is 1. The number of nitrogens with one attached hydrogen (secondary N) is 2. The number of hydrogen-bond donors (Lipinski definition) is 2. The molecule has 8 heteroatoms. The van der Waals surface area contributed by atoms with Gasteiger partial charge in [-0.2, -0.15) is 0 Å². The Balaban J connectivity index is 1.52. The van der Waals surface area contributed by atoms with Gasteiger partial charge >= 0.3 is 0 Å². The van der Waals surface area contributed by atoms with E-state index in [2.05, 4.69) is 31.4 Å². The Labute approximate surface area is 185 Å². The lowest BCUT2D eigenvalue weighted by molar-refractivity contribution is -0.136. The van der Waals surface area contributed by atoms with Gasteiger partial charge in [0.15, 0.2) is 0 Å². The quantitative estimate of drug-likeness (QED) is 0.622. The zero-order chi connectivity index (χ0) is 22.6. The van der Waals surface area contributed by atoms with E-state index in [0.717, 1.165) is 28.3 Å². The summed E-state index contributed by atoms with van der Waals surface area (Å²) in [6.45, 7) is 6.62. The van der Waals surface area contributed by atoms with Crippen molar-refractivity contribution in [2.45, 2.75) is 51.7 Å². The summed E-state index contributed by atoms with van der Waals surface area (Å²) >= 11 is 0. The summed E-state index contributed by atoms with van der Waals surface area (Å²) in [4.78, 5) is 43.2. The van der Waals surface area contributed by atoms with Gasteiger partial charge in [-0.15, -0.1) is 0 Å². The van der Waals surface area contributed by atoms with Crippen LogP contribution in [0, 0.1) is 0 Å². The fraction of sp³-hybridized carbons (Fsp3) is 0.333. The van der Waals surface area contributed by atoms with Gasteiger partial charge in [-0.3, -0.25) is 24.1 Å². The number of carbonyl (C=O) groups excluding carboxylic acids is 3. The second kappa shape index (κ2) is 7.19. The zero-order valence-electron chi connectivity index (χ0n) is 18.3. The Hall–Kier alpha value is -3.68. The first-order valence-electron chi connectivity index (χ1n) is 10.7. The van der Waals surface area contributed by atoms with Crippen LogP contribution in [0.15, 0.2) is 42.6 Å². The highest BCUT2D eigenvalue weighted by Gasteiger charge is 2.39. The molecule has 0 saturated carbocycles. The number of nitrogens with zero attached hydrogens (tertiary/aromatic N) is 3. The lowest BCUT2D eigenvalue weighted by Crippen LogP contribution is -2.52. The molecule has 5 rings (SSSR count). The minimum atomic E-state index is -0.621. The van der Waals surface area contributed by atoms with Crippen LogP contribution >= 0.6 is 0 Å². The normalized spacial score (nSPS) is 18.8. The number of fused-ring (bicyclic) bond motifs is 2. The molecule has 0 radical (unpaired) electrons. The first kappa shape index (κ1) is 20.2. The Kier molecular flexibility index (Phi) is 4.54. The molecule has 0 spiro atoms. The van der Waals surface area contributed by atoms with Gasteiger partial charge in [-0.25, -0.2) is 4.98 Å². The number of rotatable bonds is 3. The van der Waals surface area contributed by atoms with Crippen molar-refractivity contribution in [1.29, 1.82) is 0 Å². The Bertz CT molecular complexity index is 1270. The molecule has 0 bridgehead atoms. The van der Waals surface area contributed by atoms with Crippen molar-refractivity contribution in [1.82, 2.24) is 19.6 Å². The van der Waals surface area contributed by atoms with E-state index < -0.39 is 11.9 Å². The van der Waals surface area contributed by atoms with Crippen LogP contribution in [0.4, 0.5) is 5.82 Å². The molecular formula is C24H25N5O3. The summed E-state index contributed by atoms with van der Waals surface area (Å²) in [6, 6.07) is 10.9. The number of carbonyl (C=O) groups is 3. The number of anilines is 1. The van der Waals surface area contributed by atoms with Gasteiger partial charge < -0.3 is 10.2 Å². The van der Waals surface area contributed by atoms with Gasteiger partial charge in [-0.05, 0) is 57.0 Å². The van der Waals surface area contributed by atoms with Gasteiger partial charge in [0.05, 0.1) is 0 Å². The van der Waals surface area contributed by atoms with Crippen molar-refractivity contribution in [2.24, 2.45) is 0 Å². The van der Waals surface area contributed by atoms with Gasteiger partial charge in [0.2, 0.25) is 11.8 Å². The predicted molar refractivity (Wildman–Crippen MR) is 120 cm³/mol. The predicted octanol–water partition coefficient (Wildman–Crippen LogP) is 2.97. The van der Waals surface area contributed by atoms with Crippen LogP contribution < -0.4 is 10.6 Å². The van der Waals surface area contributed by atoms with Crippen LogP contribution in [-0.2, 0) is 16.1 Å². The number of piperidine rings is 1. The van der Waals surface area contributed by atoms with Crippen molar-refractivity contribution in [3.8, 4) is 11.3 Å². The van der Waals surface area contributed by atoms with Crippen molar-refractivity contribution in [3.05, 3.63) is 53.7 Å². The van der Waals surface area contributed by atoms with E-state index in [-0.39, 0.29) is 23.8 Å². The SMILES string of the molecule is CC(C)(C)Nc1c(-c2ccc3c(c2)CN(C2CCC(=O)NC2=O)C3=O)nc2ccccn12. The molecule has 2 N–H and O–H groups in total. The molecule has 1 atom stereocenters. The van der Waals surface area contributed by atoms with Crippen molar-refractivity contribution < 1.29 is 14.4 Å². The topological polar surface area (TPSA) is 95.8 Å². The molecule has 3 amide bonds. The smallest absolute Gasteiger partial charge is 0.255 e. The molecule has 3 aromatic rings. The highest BCUT2D eigenvalue weighted by atomic mass is 16.2. The molecule has 2 aromatic heterocycles. The highest BCUT2D eigenvalue weighted by molar-refractivity contribution is 6.05. The third-order valence-corrected chi connectivity index (χ3v) is 5.82. The van der Waals surface area contributed by atoms with Crippen LogP contribution in [-0.4, -0.2) is 43.6 Å². The van der Waals surface area contributed by atoms with Crippen LogP contribution in [0.1, 0.15) is 49.5 Å². The summed E-state index contributed by atoms with van der Waals surface area (Å²) in [6.07, 6.45) is 2.57. The minimum absolute atomic E-state index is 0.171. The second-order valence-electron chi connectivity index (χ2n) is 9.38. The molecule has 4 heterocycles. The standard InChI is InChI=1S/C24H25N5O3/c1-24(2,3)27-21-20(25-18-6-4-5-11-28(18)21)14-7-8-16-15(12-14)13-29(23(16)32)17-9-10-19(30)26-22(17)31/h4-8,11-12,17,27H,9-10,13H2,1-3H3,(H,26,30,31). The van der Waals surface area contributed by atoms with Crippen LogP contribution in [0.3, 0.4) is 0 Å². The Morgan fingerprint density at radius 3 is 2.69 bits per heavy atom. The van der Waals surface area contributed by atoms with Gasteiger partial charge in [-0.1, -0.05) is 12.1 Å². The monoisotopic (exact) mass is 431 g/mol. The summed E-state index contributed by atoms with van der Waals surface area (Å²) < 4.78 is 2.02. The molecule has 1 saturated heterocycles. The fourth-order valence-electron chi connectivity index (χ4n) is 4.39. The van der Waals surface area contributed by atoms with E-state index in [0.29, 0.717) is 18.5 Å². The van der Waals surface area contributed by atoms with E-state index in [1.807, 2.05) is 47.0 Å². The van der Waals surface area contributed by atoms with Crippen molar-refractivity contribution in [2.75, 3.05) is 5.32 Å². The first-order valence-corrected chi connectivity index (χ1v) is 10.7. The molecule has 8 nitrogen and oxygen atoms in total. The number of imide groups is 1. The highest BCUT2D eigenvalue weighted by Crippen LogP contribution is 2.35. The number of benzene rings is 1. The van der Waals surface area contributed by atoms with E-state index in [9.17, 15) is 14.4 Å². The Morgan fingerprint density at radius 1 is 1.12 bits per heavy atom. The largest absolute Gasteiger partial charge is 0.365 e. The maximum Gasteiger partial charge on any atom is 0.255 e. The molecule has 2 aliphatic rings. The molecule has 164 valence electrons. The average molecular weight is 431 g/mol. The molecule has 0 aliphatic carbocycles. The first-order chi connectivity index (χ1) is 15.2. The molecule has 32 heavy (non-hydrogen) atoms. The molecule has 2 aliphatic heterocycles. The second-order valence-corrected chi connectivity index (χ2v) is 9.38. The third kappa shape index (κ3) is 3.41. The zero-order valence-corrected chi connectivity index (χ0v) is 18.3. The third-order valence-electron chi connectivity index (χ3n) is 5.82. The summed E-state index contributed by atoms with van der Waals surface area (Å²) in [5, 5.41) is 5.90. The van der Waals surface area contributed by atoms with Gasteiger partial charge in [0.25, 0.3) is 5.91 Å². The molecule has 1 fully saturated rings. The maximum atomic E-state index is 13.0. The van der Waals surface area contributed by atoms with Gasteiger partial charge in [0.1, 0.15) is 23.2 Å². The number of hydrogen-bond acceptors (Lipinski definition) is 5. The summed E-state index contributed by atoms with van der Waals surface area (Å²) in [5.74, 6) is 0.0200.